The van der Waals surface area contributed by atoms with Crippen LogP contribution in [0.1, 0.15) is 47.2 Å². The molecule has 142 valence electrons. The van der Waals surface area contributed by atoms with Gasteiger partial charge in [0.15, 0.2) is 0 Å². The third-order valence-corrected chi connectivity index (χ3v) is 5.59. The molecule has 0 fully saturated rings. The molecule has 5 nitrogen and oxygen atoms in total. The van der Waals surface area contributed by atoms with Crippen LogP contribution >= 0.6 is 0 Å². The number of benzene rings is 2. The Morgan fingerprint density at radius 2 is 2.04 bits per heavy atom. The van der Waals surface area contributed by atoms with Gasteiger partial charge in [-0.15, -0.1) is 0 Å². The van der Waals surface area contributed by atoms with Crippen LogP contribution in [0.5, 0.6) is 5.75 Å². The summed E-state index contributed by atoms with van der Waals surface area (Å²) < 4.78 is 10.9. The Balaban J connectivity index is 1.60. The number of hydrogen-bond acceptors (Lipinski definition) is 5. The number of aliphatic hydroxyl groups excluding tert-OH is 1. The van der Waals surface area contributed by atoms with E-state index in [1.54, 1.807) is 0 Å². The lowest BCUT2D eigenvalue weighted by atomic mass is 9.79. The highest BCUT2D eigenvalue weighted by Crippen LogP contribution is 2.45. The highest BCUT2D eigenvalue weighted by atomic mass is 16.5. The lowest BCUT2D eigenvalue weighted by Gasteiger charge is -2.42. The van der Waals surface area contributed by atoms with Gasteiger partial charge in [0.25, 0.3) is 0 Å². The van der Waals surface area contributed by atoms with Gasteiger partial charge in [-0.25, -0.2) is 0 Å². The van der Waals surface area contributed by atoms with Crippen LogP contribution in [0.25, 0.3) is 0 Å². The van der Waals surface area contributed by atoms with Crippen molar-refractivity contribution >= 4 is 5.97 Å². The Bertz CT molecular complexity index is 821. The van der Waals surface area contributed by atoms with Crippen molar-refractivity contribution in [1.82, 2.24) is 4.90 Å². The SMILES string of the molecule is COC(=O)CN1CCc2cc(OCc3ccccc3)cc3c2C1CCC3O. The quantitative estimate of drug-likeness (QED) is 0.823. The van der Waals surface area contributed by atoms with Gasteiger partial charge in [-0.05, 0) is 53.6 Å². The normalized spacial score (nSPS) is 21.4. The van der Waals surface area contributed by atoms with Crippen molar-refractivity contribution in [2.75, 3.05) is 20.2 Å². The van der Waals surface area contributed by atoms with Gasteiger partial charge in [-0.3, -0.25) is 9.69 Å². The second-order valence-corrected chi connectivity index (χ2v) is 7.27. The van der Waals surface area contributed by atoms with E-state index >= 15 is 0 Å². The Kier molecular flexibility index (Phi) is 5.14. The van der Waals surface area contributed by atoms with Crippen molar-refractivity contribution in [3.05, 3.63) is 64.7 Å². The summed E-state index contributed by atoms with van der Waals surface area (Å²) in [5.41, 5.74) is 4.46. The average Bonchev–Trinajstić information content (AvgIpc) is 2.70. The van der Waals surface area contributed by atoms with Gasteiger partial charge < -0.3 is 14.6 Å². The lowest BCUT2D eigenvalue weighted by Crippen LogP contribution is -2.41. The van der Waals surface area contributed by atoms with Gasteiger partial charge >= 0.3 is 5.97 Å². The molecule has 2 atom stereocenters. The molecule has 0 amide bonds. The predicted octanol–water partition coefficient (Wildman–Crippen LogP) is 3.17. The van der Waals surface area contributed by atoms with E-state index in [0.29, 0.717) is 19.6 Å². The number of nitrogens with zero attached hydrogens (tertiary/aromatic N) is 1. The van der Waals surface area contributed by atoms with Crippen molar-refractivity contribution in [3.63, 3.8) is 0 Å². The van der Waals surface area contributed by atoms with Crippen molar-refractivity contribution in [2.24, 2.45) is 0 Å². The van der Waals surface area contributed by atoms with Gasteiger partial charge in [-0.2, -0.15) is 0 Å². The number of rotatable bonds is 5. The summed E-state index contributed by atoms with van der Waals surface area (Å²) in [5, 5.41) is 10.6. The van der Waals surface area contributed by atoms with E-state index in [0.717, 1.165) is 36.3 Å². The highest BCUT2D eigenvalue weighted by molar-refractivity contribution is 5.71. The van der Waals surface area contributed by atoms with Crippen molar-refractivity contribution in [2.45, 2.75) is 38.0 Å². The summed E-state index contributed by atoms with van der Waals surface area (Å²) in [7, 11) is 1.42. The van der Waals surface area contributed by atoms with E-state index in [4.69, 9.17) is 9.47 Å². The number of ether oxygens (including phenoxy) is 2. The minimum Gasteiger partial charge on any atom is -0.489 e. The molecule has 0 radical (unpaired) electrons. The molecule has 0 saturated carbocycles. The summed E-state index contributed by atoms with van der Waals surface area (Å²) in [5.74, 6) is 0.586. The number of carbonyl (C=O) groups is 1. The first kappa shape index (κ1) is 18.0. The molecule has 1 heterocycles. The molecule has 2 aromatic rings. The first-order chi connectivity index (χ1) is 13.2. The zero-order chi connectivity index (χ0) is 18.8. The number of carbonyl (C=O) groups excluding carboxylic acids is 1. The Morgan fingerprint density at radius 3 is 2.81 bits per heavy atom. The van der Waals surface area contributed by atoms with E-state index in [1.165, 1.54) is 18.2 Å². The summed E-state index contributed by atoms with van der Waals surface area (Å²) in [6.45, 7) is 1.61. The molecule has 1 aliphatic carbocycles. The van der Waals surface area contributed by atoms with E-state index in [-0.39, 0.29) is 12.0 Å². The minimum atomic E-state index is -0.478. The fraction of sp³-hybridized carbons (Fsp3) is 0.409. The predicted molar refractivity (Wildman–Crippen MR) is 101 cm³/mol. The zero-order valence-corrected chi connectivity index (χ0v) is 15.6. The molecule has 1 N–H and O–H groups in total. The number of esters is 1. The van der Waals surface area contributed by atoms with E-state index in [9.17, 15) is 9.90 Å². The molecule has 2 aromatic carbocycles. The molecule has 0 spiro atoms. The van der Waals surface area contributed by atoms with E-state index in [1.807, 2.05) is 36.4 Å². The summed E-state index contributed by atoms with van der Waals surface area (Å²) in [4.78, 5) is 13.9. The van der Waals surface area contributed by atoms with Crippen LogP contribution in [0.2, 0.25) is 0 Å². The van der Waals surface area contributed by atoms with Gasteiger partial charge in [0, 0.05) is 12.6 Å². The maximum atomic E-state index is 11.8. The lowest BCUT2D eigenvalue weighted by molar-refractivity contribution is -0.142. The van der Waals surface area contributed by atoms with E-state index < -0.39 is 6.10 Å². The van der Waals surface area contributed by atoms with Gasteiger partial charge in [0.2, 0.25) is 0 Å². The van der Waals surface area contributed by atoms with Crippen molar-refractivity contribution < 1.29 is 19.4 Å². The number of methoxy groups -OCH3 is 1. The van der Waals surface area contributed by atoms with Crippen LogP contribution in [0.3, 0.4) is 0 Å². The summed E-state index contributed by atoms with van der Waals surface area (Å²) >= 11 is 0. The van der Waals surface area contributed by atoms with Crippen molar-refractivity contribution in [1.29, 1.82) is 0 Å². The maximum Gasteiger partial charge on any atom is 0.319 e. The van der Waals surface area contributed by atoms with E-state index in [2.05, 4.69) is 11.0 Å². The highest BCUT2D eigenvalue weighted by Gasteiger charge is 2.36. The van der Waals surface area contributed by atoms with Crippen LogP contribution in [0.4, 0.5) is 0 Å². The second-order valence-electron chi connectivity index (χ2n) is 7.27. The second kappa shape index (κ2) is 7.71. The van der Waals surface area contributed by atoms with Gasteiger partial charge in [0.1, 0.15) is 12.4 Å². The molecule has 27 heavy (non-hydrogen) atoms. The molecule has 2 aliphatic rings. The van der Waals surface area contributed by atoms with Crippen LogP contribution in [0.15, 0.2) is 42.5 Å². The first-order valence-electron chi connectivity index (χ1n) is 9.48. The molecule has 2 unspecified atom stereocenters. The zero-order valence-electron chi connectivity index (χ0n) is 15.6. The summed E-state index contributed by atoms with van der Waals surface area (Å²) in [6.07, 6.45) is 1.90. The molecule has 4 rings (SSSR count). The Morgan fingerprint density at radius 1 is 1.22 bits per heavy atom. The van der Waals surface area contributed by atoms with Crippen LogP contribution < -0.4 is 4.74 Å². The fourth-order valence-electron chi connectivity index (χ4n) is 4.24. The van der Waals surface area contributed by atoms with Gasteiger partial charge in [0.05, 0.1) is 19.8 Å². The fourth-order valence-corrected chi connectivity index (χ4v) is 4.24. The molecule has 0 bridgehead atoms. The maximum absolute atomic E-state index is 11.8. The van der Waals surface area contributed by atoms with Gasteiger partial charge in [-0.1, -0.05) is 30.3 Å². The third kappa shape index (κ3) is 3.70. The molecule has 0 aromatic heterocycles. The molecule has 1 aliphatic heterocycles. The largest absolute Gasteiger partial charge is 0.489 e. The molecular weight excluding hydrogens is 342 g/mol. The molecular formula is C22H25NO4. The first-order valence-corrected chi connectivity index (χ1v) is 9.48. The number of aliphatic hydroxyl groups is 1. The molecule has 5 heteroatoms. The third-order valence-electron chi connectivity index (χ3n) is 5.59. The van der Waals surface area contributed by atoms with Crippen molar-refractivity contribution in [3.8, 4) is 5.75 Å². The minimum absolute atomic E-state index is 0.162. The molecule has 0 saturated heterocycles. The standard InChI is InChI=1S/C22H25NO4/c1-26-21(25)13-23-10-9-16-11-17(27-14-15-5-3-2-4-6-15)12-18-20(24)8-7-19(23)22(16)18/h2-6,11-12,19-20,24H,7-10,13-14H2,1H3. The summed E-state index contributed by atoms with van der Waals surface area (Å²) in [6, 6.07) is 14.3. The average molecular weight is 367 g/mol. The Labute approximate surface area is 159 Å². The van der Waals surface area contributed by atoms with Crippen LogP contribution in [0, 0.1) is 0 Å². The monoisotopic (exact) mass is 367 g/mol. The van der Waals surface area contributed by atoms with Crippen LogP contribution in [-0.4, -0.2) is 36.2 Å². The Hall–Kier alpha value is -2.37. The number of hydrogen-bond donors (Lipinski definition) is 1. The topological polar surface area (TPSA) is 59.0 Å². The smallest absolute Gasteiger partial charge is 0.319 e. The van der Waals surface area contributed by atoms with Crippen LogP contribution in [-0.2, 0) is 22.6 Å².